The molecule has 1 atom stereocenters. The number of rotatable bonds is 8. The average molecular weight is 514 g/mol. The van der Waals surface area contributed by atoms with Crippen molar-refractivity contribution in [2.24, 2.45) is 0 Å². The minimum atomic E-state index is -4.54. The Morgan fingerprint density at radius 1 is 1.19 bits per heavy atom. The number of carbonyl (C=O) groups is 2. The summed E-state index contributed by atoms with van der Waals surface area (Å²) in [6.07, 6.45) is 0.275. The van der Waals surface area contributed by atoms with Gasteiger partial charge in [-0.3, -0.25) is 9.59 Å². The molecule has 0 fully saturated rings. The molecule has 0 aliphatic carbocycles. The Bertz CT molecular complexity index is 1410. The topological polar surface area (TPSA) is 130 Å². The molecule has 0 unspecified atom stereocenters. The van der Waals surface area contributed by atoms with Crippen molar-refractivity contribution in [3.8, 4) is 11.4 Å². The summed E-state index contributed by atoms with van der Waals surface area (Å²) in [5.74, 6) is -1.03. The van der Waals surface area contributed by atoms with E-state index in [2.05, 4.69) is 30.2 Å². The molecule has 0 spiro atoms. The zero-order valence-electron chi connectivity index (χ0n) is 19.9. The molecule has 0 bridgehead atoms. The van der Waals surface area contributed by atoms with E-state index in [1.165, 1.54) is 24.2 Å². The first-order chi connectivity index (χ1) is 17.6. The summed E-state index contributed by atoms with van der Waals surface area (Å²) in [4.78, 5) is 45.9. The number of anilines is 1. The van der Waals surface area contributed by atoms with Gasteiger partial charge in [0.25, 0.3) is 17.9 Å². The number of nitrogens with zero attached hydrogens (tertiary/aromatic N) is 4. The maximum absolute atomic E-state index is 13.3. The number of nitrogens with one attached hydrogen (secondary N) is 4. The van der Waals surface area contributed by atoms with Gasteiger partial charge < -0.3 is 20.5 Å². The molecule has 4 aromatic rings. The average Bonchev–Trinajstić information content (AvgIpc) is 3.31. The first-order valence-electron chi connectivity index (χ1n) is 11.2. The Hall–Kier alpha value is -4.55. The van der Waals surface area contributed by atoms with Crippen LogP contribution in [0, 0.1) is 0 Å². The Kier molecular flexibility index (Phi) is 7.32. The number of benzene rings is 1. The molecule has 0 radical (unpaired) electrons. The number of H-pyrrole nitrogens is 2. The van der Waals surface area contributed by atoms with E-state index in [0.29, 0.717) is 23.1 Å². The third-order valence-corrected chi connectivity index (χ3v) is 5.41. The molecule has 4 N–H and O–H groups in total. The second-order valence-electron chi connectivity index (χ2n) is 8.34. The van der Waals surface area contributed by atoms with E-state index in [1.54, 1.807) is 19.4 Å². The Balaban J connectivity index is 1.65. The maximum atomic E-state index is 13.3. The molecule has 4 rings (SSSR count). The van der Waals surface area contributed by atoms with Crippen LogP contribution in [0.4, 0.5) is 19.0 Å². The lowest BCUT2D eigenvalue weighted by Crippen LogP contribution is -2.42. The van der Waals surface area contributed by atoms with Gasteiger partial charge in [-0.25, -0.2) is 15.0 Å². The van der Waals surface area contributed by atoms with Crippen LogP contribution < -0.4 is 15.6 Å². The zero-order chi connectivity index (χ0) is 26.6. The number of hydrogen-bond acceptors (Lipinski definition) is 6. The smallest absolute Gasteiger partial charge is 0.358 e. The van der Waals surface area contributed by atoms with E-state index in [-0.39, 0.29) is 17.3 Å². The first kappa shape index (κ1) is 25.5. The molecule has 0 saturated heterocycles. The number of alkyl halides is 3. The number of aromatic amines is 2. The first-order valence-corrected chi connectivity index (χ1v) is 11.2. The Morgan fingerprint density at radius 2 is 1.95 bits per heavy atom. The van der Waals surface area contributed by atoms with Gasteiger partial charge in [-0.1, -0.05) is 30.3 Å². The van der Waals surface area contributed by atoms with Gasteiger partial charge >= 0.3 is 6.18 Å². The number of hydrogen-bond donors (Lipinski definition) is 3. The zero-order valence-corrected chi connectivity index (χ0v) is 19.9. The van der Waals surface area contributed by atoms with Crippen LogP contribution in [0.5, 0.6) is 0 Å². The van der Waals surface area contributed by atoms with Gasteiger partial charge in [-0.2, -0.15) is 13.2 Å². The molecule has 1 aromatic carbocycles. The van der Waals surface area contributed by atoms with Gasteiger partial charge in [0.15, 0.2) is 5.82 Å². The minimum absolute atomic E-state index is 0.0380. The Morgan fingerprint density at radius 3 is 2.68 bits per heavy atom. The quantitative estimate of drug-likeness (QED) is 0.332. The molecular weight excluding hydrogens is 489 g/mol. The third-order valence-electron chi connectivity index (χ3n) is 5.41. The van der Waals surface area contributed by atoms with Crippen molar-refractivity contribution in [1.82, 2.24) is 30.2 Å². The van der Waals surface area contributed by atoms with Crippen LogP contribution in [0.2, 0.25) is 0 Å². The van der Waals surface area contributed by atoms with Gasteiger partial charge in [0.05, 0.1) is 10.9 Å². The second-order valence-corrected chi connectivity index (χ2v) is 8.34. The van der Waals surface area contributed by atoms with Gasteiger partial charge in [0.1, 0.15) is 30.3 Å². The van der Waals surface area contributed by atoms with Gasteiger partial charge in [-0.05, 0) is 17.5 Å². The SMILES string of the molecule is C[C@H](Nc1cc(C(=O)N(C)Cc2ccccc2)nc(-c2c[nH]c3nc[nH+]cc23)n1)C(=O)NCC(F)(F)F. The van der Waals surface area contributed by atoms with E-state index < -0.39 is 30.6 Å². The molecule has 3 heterocycles. The number of carbonyl (C=O) groups excluding carboxylic acids is 2. The van der Waals surface area contributed by atoms with E-state index in [9.17, 15) is 22.8 Å². The highest BCUT2D eigenvalue weighted by Crippen LogP contribution is 2.26. The Labute approximate surface area is 209 Å². The van der Waals surface area contributed by atoms with E-state index >= 15 is 0 Å². The van der Waals surface area contributed by atoms with Crippen LogP contribution in [0.3, 0.4) is 0 Å². The van der Waals surface area contributed by atoms with Crippen molar-refractivity contribution in [3.63, 3.8) is 0 Å². The second kappa shape index (κ2) is 10.6. The molecule has 3 aromatic heterocycles. The summed E-state index contributed by atoms with van der Waals surface area (Å²) < 4.78 is 37.5. The summed E-state index contributed by atoms with van der Waals surface area (Å²) in [5.41, 5.74) is 2.05. The molecule has 0 saturated carbocycles. The fraction of sp³-hybridized carbons (Fsp3) is 0.250. The number of amides is 2. The largest absolute Gasteiger partial charge is 0.405 e. The summed E-state index contributed by atoms with van der Waals surface area (Å²) in [6.45, 7) is 0.255. The lowest BCUT2D eigenvalue weighted by molar-refractivity contribution is -0.380. The van der Waals surface area contributed by atoms with Gasteiger partial charge in [0.2, 0.25) is 5.91 Å². The van der Waals surface area contributed by atoms with Crippen molar-refractivity contribution in [2.75, 3.05) is 18.9 Å². The summed E-state index contributed by atoms with van der Waals surface area (Å²) in [6, 6.07) is 9.67. The lowest BCUT2D eigenvalue weighted by Gasteiger charge is -2.19. The van der Waals surface area contributed by atoms with Gasteiger partial charge in [-0.15, -0.1) is 0 Å². The van der Waals surface area contributed by atoms with E-state index in [4.69, 9.17) is 0 Å². The molecular formula is C24H24F3N8O2+. The molecule has 10 nitrogen and oxygen atoms in total. The van der Waals surface area contributed by atoms with Crippen molar-refractivity contribution < 1.29 is 27.7 Å². The van der Waals surface area contributed by atoms with Crippen LogP contribution in [0.1, 0.15) is 23.0 Å². The van der Waals surface area contributed by atoms with Crippen LogP contribution in [0.15, 0.2) is 55.1 Å². The van der Waals surface area contributed by atoms with Crippen molar-refractivity contribution in [2.45, 2.75) is 25.7 Å². The minimum Gasteiger partial charge on any atom is -0.358 e. The van der Waals surface area contributed by atoms with Crippen LogP contribution in [0.25, 0.3) is 22.4 Å². The summed E-state index contributed by atoms with van der Waals surface area (Å²) >= 11 is 0. The van der Waals surface area contributed by atoms with E-state index in [1.807, 2.05) is 35.6 Å². The van der Waals surface area contributed by atoms with Crippen LogP contribution in [-0.2, 0) is 11.3 Å². The fourth-order valence-corrected chi connectivity index (χ4v) is 3.59. The highest BCUT2D eigenvalue weighted by Gasteiger charge is 2.29. The lowest BCUT2D eigenvalue weighted by atomic mass is 10.2. The molecule has 2 amide bonds. The molecule has 0 aliphatic rings. The molecule has 0 aliphatic heterocycles. The summed E-state index contributed by atoms with van der Waals surface area (Å²) in [5, 5.41) is 5.27. The molecule has 13 heteroatoms. The third kappa shape index (κ3) is 6.37. The van der Waals surface area contributed by atoms with Crippen molar-refractivity contribution >= 4 is 28.7 Å². The van der Waals surface area contributed by atoms with Gasteiger partial charge in [0, 0.05) is 25.9 Å². The fourth-order valence-electron chi connectivity index (χ4n) is 3.59. The number of aromatic nitrogens is 5. The maximum Gasteiger partial charge on any atom is 0.405 e. The van der Waals surface area contributed by atoms with Crippen LogP contribution >= 0.6 is 0 Å². The predicted molar refractivity (Wildman–Crippen MR) is 128 cm³/mol. The van der Waals surface area contributed by atoms with E-state index in [0.717, 1.165) is 5.56 Å². The summed E-state index contributed by atoms with van der Waals surface area (Å²) in [7, 11) is 1.63. The number of fused-ring (bicyclic) bond motifs is 1. The van der Waals surface area contributed by atoms with Crippen molar-refractivity contribution in [1.29, 1.82) is 0 Å². The molecule has 37 heavy (non-hydrogen) atoms. The van der Waals surface area contributed by atoms with Crippen LogP contribution in [-0.4, -0.2) is 62.5 Å². The standard InChI is InChI=1S/C24H23F3N8O2/c1-14(22(36)30-12-24(25,26)27)32-19-8-18(23(37)35(2)11-15-6-4-3-5-7-15)33-21(34-19)17-10-29-20-16(17)9-28-13-31-20/h3-10,13-14H,11-12H2,1-2H3,(H,30,36)(H,28,29,31)(H,32,33,34)/p+1/t14-/m0/s1. The highest BCUT2D eigenvalue weighted by atomic mass is 19.4. The predicted octanol–water partition coefficient (Wildman–Crippen LogP) is 2.59. The highest BCUT2D eigenvalue weighted by molar-refractivity contribution is 5.95. The normalized spacial score (nSPS) is 12.2. The molecule has 192 valence electrons. The van der Waals surface area contributed by atoms with Crippen molar-refractivity contribution in [3.05, 3.63) is 66.4 Å². The monoisotopic (exact) mass is 513 g/mol. The number of halogens is 3.